The zero-order chi connectivity index (χ0) is 42.5. The van der Waals surface area contributed by atoms with E-state index in [0.29, 0.717) is 25.0 Å². The van der Waals surface area contributed by atoms with Gasteiger partial charge in [0.05, 0.1) is 11.0 Å². The highest BCUT2D eigenvalue weighted by molar-refractivity contribution is 5.83. The molecule has 11 nitrogen and oxygen atoms in total. The number of ether oxygens (including phenoxy) is 4. The van der Waals surface area contributed by atoms with Crippen LogP contribution in [0.3, 0.4) is 0 Å². The second-order valence-electron chi connectivity index (χ2n) is 16.4. The van der Waals surface area contributed by atoms with E-state index in [-0.39, 0.29) is 30.4 Å². The number of phenolic OH excluding ortho intramolecular Hbond substituents is 1. The molecule has 14 heteroatoms. The van der Waals surface area contributed by atoms with E-state index in [0.717, 1.165) is 36.9 Å². The molecule has 1 spiro atoms. The Labute approximate surface area is 341 Å². The summed E-state index contributed by atoms with van der Waals surface area (Å²) in [6.07, 6.45) is 13.7. The standard InChI is InChI=1S/C42H63NO9.C2HF3O/c1-5-6-7-8-9-10-11-12-13-14-15-16-17-18-19-21-35(45)49-29(2)39(46)50-30(3)40(47)51-33-24-26-42(48)34-28-31-22-23-32(44)37-36(31)41(42,38(33)52-37)25-20-27-43(34)4;3-2(4,5)1-6/h22-24,29-30,34,38,44,48H,5-21,25-28H2,1-4H3;1H/t29-,30-,34+,38-,41-,42+;/m0./s1. The Bertz CT molecular complexity index is 1580. The third-order valence-corrected chi connectivity index (χ3v) is 12.2. The van der Waals surface area contributed by atoms with E-state index in [4.69, 9.17) is 23.7 Å². The van der Waals surface area contributed by atoms with E-state index in [9.17, 15) is 37.8 Å². The summed E-state index contributed by atoms with van der Waals surface area (Å²) in [5, 5.41) is 23.2. The van der Waals surface area contributed by atoms with Crippen LogP contribution in [0.4, 0.5) is 13.2 Å². The van der Waals surface area contributed by atoms with Crippen LogP contribution in [0.25, 0.3) is 0 Å². The van der Waals surface area contributed by atoms with Crippen LogP contribution in [0.1, 0.15) is 154 Å². The van der Waals surface area contributed by atoms with Crippen LogP contribution < -0.4 is 4.74 Å². The van der Waals surface area contributed by atoms with Gasteiger partial charge in [-0.2, -0.15) is 13.2 Å². The number of alkyl halides is 3. The van der Waals surface area contributed by atoms with Crippen LogP contribution in [0, 0.1) is 0 Å². The molecule has 2 aliphatic carbocycles. The quantitative estimate of drug-likeness (QED) is 0.0532. The fourth-order valence-electron chi connectivity index (χ4n) is 9.15. The van der Waals surface area contributed by atoms with Gasteiger partial charge in [0.1, 0.15) is 5.76 Å². The number of carbonyl (C=O) groups excluding carboxylic acids is 4. The third kappa shape index (κ3) is 11.5. The molecule has 1 aromatic carbocycles. The first kappa shape index (κ1) is 47.0. The summed E-state index contributed by atoms with van der Waals surface area (Å²) in [5.74, 6) is -1.56. The minimum atomic E-state index is -4.64. The summed E-state index contributed by atoms with van der Waals surface area (Å²) in [6, 6.07) is 3.33. The van der Waals surface area contributed by atoms with Crippen molar-refractivity contribution in [1.82, 2.24) is 4.90 Å². The van der Waals surface area contributed by atoms with Gasteiger partial charge >= 0.3 is 24.1 Å². The lowest BCUT2D eigenvalue weighted by molar-refractivity contribution is -0.177. The van der Waals surface area contributed by atoms with E-state index in [1.54, 1.807) is 12.1 Å². The van der Waals surface area contributed by atoms with E-state index in [1.807, 2.05) is 13.1 Å². The van der Waals surface area contributed by atoms with Crippen molar-refractivity contribution in [3.63, 3.8) is 0 Å². The minimum Gasteiger partial charge on any atom is -0.504 e. The van der Waals surface area contributed by atoms with Crippen LogP contribution in [-0.4, -0.2) is 89.0 Å². The number of aromatic hydroxyl groups is 1. The number of phenols is 1. The van der Waals surface area contributed by atoms with Gasteiger partial charge in [-0.1, -0.05) is 103 Å². The maximum Gasteiger partial charge on any atom is 0.446 e. The number of nitrogens with zero attached hydrogens (tertiary/aromatic N) is 1. The summed E-state index contributed by atoms with van der Waals surface area (Å²) in [7, 11) is 2.02. The zero-order valence-corrected chi connectivity index (χ0v) is 34.7. The smallest absolute Gasteiger partial charge is 0.446 e. The molecule has 1 saturated heterocycles. The molecule has 4 aliphatic rings. The first-order valence-electron chi connectivity index (χ1n) is 21.4. The van der Waals surface area contributed by atoms with Crippen molar-refractivity contribution >= 4 is 24.2 Å². The van der Waals surface area contributed by atoms with Crippen molar-refractivity contribution in [3.8, 4) is 11.5 Å². The van der Waals surface area contributed by atoms with Crippen molar-refractivity contribution < 1.29 is 61.5 Å². The number of rotatable bonds is 21. The van der Waals surface area contributed by atoms with Crippen LogP contribution in [0.2, 0.25) is 0 Å². The Balaban J connectivity index is 0.00000115. The van der Waals surface area contributed by atoms with Gasteiger partial charge in [-0.25, -0.2) is 9.59 Å². The number of likely N-dealkylation sites (N-methyl/N-ethyl adjacent to an activating group) is 1. The number of likely N-dealkylation sites (tertiary alicyclic amines) is 1. The molecule has 6 atom stereocenters. The van der Waals surface area contributed by atoms with Gasteiger partial charge in [0.25, 0.3) is 0 Å². The predicted molar refractivity (Wildman–Crippen MR) is 210 cm³/mol. The number of hydrogen-bond acceptors (Lipinski definition) is 11. The molecule has 58 heavy (non-hydrogen) atoms. The van der Waals surface area contributed by atoms with Gasteiger partial charge in [0.15, 0.2) is 29.8 Å². The minimum absolute atomic E-state index is 0.0166. The SMILES string of the molecule is CCCCCCCCCCCCCCCCCC(=O)O[C@@H](C)C(=O)O[C@@H](C)C(=O)OC1=CC[C@@]2(O)[C@H]3Cc4ccc(O)c5c4[C@@]2(CCCN3C)[C@H]1O5.O=CC(F)(F)F. The van der Waals surface area contributed by atoms with Crippen LogP contribution in [-0.2, 0) is 45.2 Å². The molecule has 0 amide bonds. The van der Waals surface area contributed by atoms with Gasteiger partial charge in [-0.3, -0.25) is 9.59 Å². The lowest BCUT2D eigenvalue weighted by Gasteiger charge is -2.56. The Morgan fingerprint density at radius 2 is 1.47 bits per heavy atom. The third-order valence-electron chi connectivity index (χ3n) is 12.2. The fraction of sp³-hybridized carbons (Fsp3) is 0.727. The predicted octanol–water partition coefficient (Wildman–Crippen LogP) is 8.48. The normalized spacial score (nSPS) is 24.1. The Morgan fingerprint density at radius 1 is 0.914 bits per heavy atom. The Hall–Kier alpha value is -3.65. The molecule has 0 radical (unpaired) electrons. The van der Waals surface area contributed by atoms with Crippen molar-refractivity contribution in [1.29, 1.82) is 0 Å². The maximum absolute atomic E-state index is 13.3. The zero-order valence-electron chi connectivity index (χ0n) is 34.7. The number of aldehydes is 1. The number of benzene rings is 1. The van der Waals surface area contributed by atoms with Crippen molar-refractivity contribution in [2.24, 2.45) is 0 Å². The lowest BCUT2D eigenvalue weighted by Crippen LogP contribution is -2.69. The maximum atomic E-state index is 13.3. The first-order valence-corrected chi connectivity index (χ1v) is 21.4. The Morgan fingerprint density at radius 3 is 2.03 bits per heavy atom. The largest absolute Gasteiger partial charge is 0.504 e. The number of hydrogen-bond donors (Lipinski definition) is 2. The van der Waals surface area contributed by atoms with E-state index >= 15 is 0 Å². The summed E-state index contributed by atoms with van der Waals surface area (Å²) in [4.78, 5) is 49.4. The molecular formula is C44H64F3NO10. The van der Waals surface area contributed by atoms with Gasteiger partial charge in [-0.05, 0) is 70.8 Å². The van der Waals surface area contributed by atoms with Crippen LogP contribution in [0.5, 0.6) is 11.5 Å². The fourth-order valence-corrected chi connectivity index (χ4v) is 9.15. The average molecular weight is 824 g/mol. The van der Waals surface area contributed by atoms with Crippen molar-refractivity contribution in [2.75, 3.05) is 13.6 Å². The number of carbonyl (C=O) groups is 4. The van der Waals surface area contributed by atoms with Crippen LogP contribution in [0.15, 0.2) is 24.0 Å². The second-order valence-corrected chi connectivity index (χ2v) is 16.4. The molecule has 0 unspecified atom stereocenters. The molecular weight excluding hydrogens is 759 g/mol. The molecule has 326 valence electrons. The van der Waals surface area contributed by atoms with Gasteiger partial charge < -0.3 is 34.1 Å². The lowest BCUT2D eigenvalue weighted by atomic mass is 9.52. The summed E-state index contributed by atoms with van der Waals surface area (Å²) >= 11 is 0. The number of halogens is 3. The highest BCUT2D eigenvalue weighted by Crippen LogP contribution is 2.65. The number of esters is 3. The van der Waals surface area contributed by atoms with Crippen LogP contribution >= 0.6 is 0 Å². The van der Waals surface area contributed by atoms with E-state index < -0.39 is 59.7 Å². The Kier molecular flexibility index (Phi) is 17.5. The van der Waals surface area contributed by atoms with E-state index in [2.05, 4.69) is 11.8 Å². The second kappa shape index (κ2) is 21.6. The molecule has 1 aromatic rings. The summed E-state index contributed by atoms with van der Waals surface area (Å²) in [6.45, 7) is 5.89. The molecule has 2 bridgehead atoms. The van der Waals surface area contributed by atoms with Gasteiger partial charge in [-0.15, -0.1) is 0 Å². The molecule has 5 rings (SSSR count). The summed E-state index contributed by atoms with van der Waals surface area (Å²) in [5.41, 5.74) is -0.303. The average Bonchev–Trinajstić information content (AvgIpc) is 3.52. The topological polar surface area (TPSA) is 149 Å². The molecule has 1 fully saturated rings. The molecule has 0 aromatic heterocycles. The van der Waals surface area contributed by atoms with Gasteiger partial charge in [0.2, 0.25) is 6.29 Å². The monoisotopic (exact) mass is 823 g/mol. The van der Waals surface area contributed by atoms with Crippen molar-refractivity contribution in [3.05, 3.63) is 35.1 Å². The number of aliphatic hydroxyl groups is 1. The molecule has 2 aliphatic heterocycles. The van der Waals surface area contributed by atoms with Gasteiger partial charge in [0, 0.05) is 24.4 Å². The highest BCUT2D eigenvalue weighted by Gasteiger charge is 2.71. The summed E-state index contributed by atoms with van der Waals surface area (Å²) < 4.78 is 54.2. The number of unbranched alkanes of at least 4 members (excludes halogenated alkanes) is 14. The molecule has 2 N–H and O–H groups in total. The molecule has 2 heterocycles. The highest BCUT2D eigenvalue weighted by atomic mass is 19.4. The molecule has 0 saturated carbocycles. The van der Waals surface area contributed by atoms with E-state index in [1.165, 1.54) is 90.9 Å². The van der Waals surface area contributed by atoms with Crippen molar-refractivity contribution in [2.45, 2.75) is 191 Å². The first-order chi connectivity index (χ1) is 27.6.